The molecule has 1 unspecified atom stereocenters. The lowest BCUT2D eigenvalue weighted by Crippen LogP contribution is -2.63. The van der Waals surface area contributed by atoms with Crippen LogP contribution < -0.4 is 5.32 Å². The molecule has 0 bridgehead atoms. The van der Waals surface area contributed by atoms with Crippen LogP contribution in [0.3, 0.4) is 0 Å². The Morgan fingerprint density at radius 3 is 2.67 bits per heavy atom. The van der Waals surface area contributed by atoms with Crippen molar-refractivity contribution in [1.82, 2.24) is 10.2 Å². The fraction of sp³-hybridized carbons (Fsp3) is 0.900. The summed E-state index contributed by atoms with van der Waals surface area (Å²) in [5.74, 6) is -0.732. The van der Waals surface area contributed by atoms with Gasteiger partial charge < -0.3 is 15.2 Å². The van der Waals surface area contributed by atoms with Gasteiger partial charge in [-0.2, -0.15) is 0 Å². The topological polar surface area (TPSA) is 61.8 Å². The highest BCUT2D eigenvalue weighted by molar-refractivity contribution is 5.79. The normalized spacial score (nSPS) is 33.9. The summed E-state index contributed by atoms with van der Waals surface area (Å²) in [7, 11) is 0. The predicted molar refractivity (Wildman–Crippen MR) is 54.9 cm³/mol. The van der Waals surface area contributed by atoms with E-state index in [9.17, 15) is 9.90 Å². The van der Waals surface area contributed by atoms with Crippen LogP contribution in [0.1, 0.15) is 12.8 Å². The van der Waals surface area contributed by atoms with Gasteiger partial charge in [0.2, 0.25) is 0 Å². The molecule has 5 nitrogen and oxygen atoms in total. The summed E-state index contributed by atoms with van der Waals surface area (Å²) in [6.07, 6.45) is 1.55. The molecule has 86 valence electrons. The molecule has 0 aromatic rings. The van der Waals surface area contributed by atoms with Crippen LogP contribution in [0.2, 0.25) is 0 Å². The van der Waals surface area contributed by atoms with E-state index >= 15 is 0 Å². The molecule has 15 heavy (non-hydrogen) atoms. The van der Waals surface area contributed by atoms with E-state index in [0.29, 0.717) is 19.6 Å². The molecule has 2 fully saturated rings. The second-order valence-electron chi connectivity index (χ2n) is 4.23. The molecule has 2 aliphatic rings. The van der Waals surface area contributed by atoms with Gasteiger partial charge in [-0.15, -0.1) is 0 Å². The van der Waals surface area contributed by atoms with Gasteiger partial charge in [0.05, 0.1) is 6.61 Å². The van der Waals surface area contributed by atoms with Gasteiger partial charge in [0.25, 0.3) is 0 Å². The third-order valence-corrected chi connectivity index (χ3v) is 3.34. The predicted octanol–water partition coefficient (Wildman–Crippen LogP) is -0.475. The Morgan fingerprint density at radius 1 is 1.40 bits per heavy atom. The molecule has 2 aliphatic heterocycles. The standard InChI is InChI=1S/C10H18N2O3/c13-9(14)10(2-1-7-15-8-10)12-5-3-11-4-6-12/h11H,1-8H2,(H,13,14). The first-order valence-electron chi connectivity index (χ1n) is 5.53. The van der Waals surface area contributed by atoms with Crippen molar-refractivity contribution in [2.45, 2.75) is 18.4 Å². The van der Waals surface area contributed by atoms with E-state index in [1.807, 2.05) is 0 Å². The number of aliphatic carboxylic acids is 1. The highest BCUT2D eigenvalue weighted by Gasteiger charge is 2.46. The average Bonchev–Trinajstić information content (AvgIpc) is 2.31. The van der Waals surface area contributed by atoms with Crippen LogP contribution in [0.5, 0.6) is 0 Å². The molecule has 0 amide bonds. The van der Waals surface area contributed by atoms with Gasteiger partial charge in [-0.1, -0.05) is 0 Å². The minimum Gasteiger partial charge on any atom is -0.480 e. The number of hydrogen-bond donors (Lipinski definition) is 2. The van der Waals surface area contributed by atoms with E-state index in [4.69, 9.17) is 4.74 Å². The highest BCUT2D eigenvalue weighted by atomic mass is 16.5. The van der Waals surface area contributed by atoms with Crippen molar-refractivity contribution in [3.8, 4) is 0 Å². The fourth-order valence-corrected chi connectivity index (χ4v) is 2.43. The number of rotatable bonds is 2. The quantitative estimate of drug-likeness (QED) is 0.650. The van der Waals surface area contributed by atoms with Crippen molar-refractivity contribution in [3.05, 3.63) is 0 Å². The van der Waals surface area contributed by atoms with Crippen LogP contribution >= 0.6 is 0 Å². The van der Waals surface area contributed by atoms with Crippen LogP contribution in [0, 0.1) is 0 Å². The third kappa shape index (κ3) is 2.00. The van der Waals surface area contributed by atoms with Crippen LogP contribution in [0.4, 0.5) is 0 Å². The summed E-state index contributed by atoms with van der Waals surface area (Å²) in [6, 6.07) is 0. The smallest absolute Gasteiger partial charge is 0.326 e. The molecule has 1 atom stereocenters. The zero-order valence-corrected chi connectivity index (χ0v) is 8.87. The van der Waals surface area contributed by atoms with Gasteiger partial charge in [-0.05, 0) is 12.8 Å². The zero-order valence-electron chi connectivity index (χ0n) is 8.87. The van der Waals surface area contributed by atoms with Gasteiger partial charge in [-0.25, -0.2) is 0 Å². The number of hydrogen-bond acceptors (Lipinski definition) is 4. The van der Waals surface area contributed by atoms with Gasteiger partial charge in [0, 0.05) is 32.8 Å². The minimum atomic E-state index is -0.764. The summed E-state index contributed by atoms with van der Waals surface area (Å²) in [4.78, 5) is 13.5. The molecule has 0 spiro atoms. The van der Waals surface area contributed by atoms with E-state index in [2.05, 4.69) is 10.2 Å². The maximum atomic E-state index is 11.4. The molecule has 0 radical (unpaired) electrons. The van der Waals surface area contributed by atoms with Crippen molar-refractivity contribution < 1.29 is 14.6 Å². The van der Waals surface area contributed by atoms with Gasteiger partial charge in [0.1, 0.15) is 5.54 Å². The number of ether oxygens (including phenoxy) is 1. The summed E-state index contributed by atoms with van der Waals surface area (Å²) >= 11 is 0. The van der Waals surface area contributed by atoms with E-state index in [1.54, 1.807) is 0 Å². The molecule has 2 heterocycles. The molecular formula is C10H18N2O3. The third-order valence-electron chi connectivity index (χ3n) is 3.34. The molecule has 0 aromatic heterocycles. The van der Waals surface area contributed by atoms with Crippen LogP contribution in [-0.2, 0) is 9.53 Å². The second kappa shape index (κ2) is 4.47. The summed E-state index contributed by atoms with van der Waals surface area (Å²) < 4.78 is 5.36. The average molecular weight is 214 g/mol. The second-order valence-corrected chi connectivity index (χ2v) is 4.23. The van der Waals surface area contributed by atoms with Crippen molar-refractivity contribution in [2.75, 3.05) is 39.4 Å². The lowest BCUT2D eigenvalue weighted by Gasteiger charge is -2.44. The first-order chi connectivity index (χ1) is 7.26. The maximum Gasteiger partial charge on any atom is 0.326 e. The number of nitrogens with zero attached hydrogens (tertiary/aromatic N) is 1. The Kier molecular flexibility index (Phi) is 3.23. The first kappa shape index (κ1) is 10.9. The number of carbonyl (C=O) groups is 1. The largest absolute Gasteiger partial charge is 0.480 e. The number of piperazine rings is 1. The molecular weight excluding hydrogens is 196 g/mol. The Hall–Kier alpha value is -0.650. The van der Waals surface area contributed by atoms with Gasteiger partial charge >= 0.3 is 5.97 Å². The molecule has 2 N–H and O–H groups in total. The Bertz CT molecular complexity index is 233. The van der Waals surface area contributed by atoms with Gasteiger partial charge in [-0.3, -0.25) is 9.69 Å². The summed E-state index contributed by atoms with van der Waals surface area (Å²) in [5.41, 5.74) is -0.764. The lowest BCUT2D eigenvalue weighted by atomic mass is 9.90. The maximum absolute atomic E-state index is 11.4. The number of carboxylic acid groups (broad SMARTS) is 1. The monoisotopic (exact) mass is 214 g/mol. The van der Waals surface area contributed by atoms with Crippen molar-refractivity contribution >= 4 is 5.97 Å². The Labute approximate surface area is 89.4 Å². The number of nitrogens with one attached hydrogen (secondary N) is 1. The SMILES string of the molecule is O=C(O)C1(N2CCNCC2)CCCOC1. The Morgan fingerprint density at radius 2 is 2.13 bits per heavy atom. The summed E-state index contributed by atoms with van der Waals surface area (Å²) in [5, 5.41) is 12.6. The molecule has 2 rings (SSSR count). The van der Waals surface area contributed by atoms with E-state index in [0.717, 1.165) is 32.6 Å². The van der Waals surface area contributed by atoms with Crippen LogP contribution in [0.15, 0.2) is 0 Å². The lowest BCUT2D eigenvalue weighted by molar-refractivity contribution is -0.162. The highest BCUT2D eigenvalue weighted by Crippen LogP contribution is 2.27. The van der Waals surface area contributed by atoms with E-state index in [1.165, 1.54) is 0 Å². The minimum absolute atomic E-state index is 0.336. The summed E-state index contributed by atoms with van der Waals surface area (Å²) in [6.45, 7) is 4.37. The Balaban J connectivity index is 2.12. The fourth-order valence-electron chi connectivity index (χ4n) is 2.43. The van der Waals surface area contributed by atoms with E-state index in [-0.39, 0.29) is 0 Å². The van der Waals surface area contributed by atoms with Crippen LogP contribution in [0.25, 0.3) is 0 Å². The first-order valence-corrected chi connectivity index (χ1v) is 5.53. The molecule has 5 heteroatoms. The van der Waals surface area contributed by atoms with Crippen molar-refractivity contribution in [1.29, 1.82) is 0 Å². The number of carboxylic acids is 1. The molecule has 0 aliphatic carbocycles. The molecule has 2 saturated heterocycles. The molecule has 0 saturated carbocycles. The van der Waals surface area contributed by atoms with Crippen LogP contribution in [-0.4, -0.2) is 60.9 Å². The van der Waals surface area contributed by atoms with Crippen molar-refractivity contribution in [3.63, 3.8) is 0 Å². The van der Waals surface area contributed by atoms with Gasteiger partial charge in [0.15, 0.2) is 0 Å². The van der Waals surface area contributed by atoms with E-state index < -0.39 is 11.5 Å². The van der Waals surface area contributed by atoms with Crippen molar-refractivity contribution in [2.24, 2.45) is 0 Å². The zero-order chi connectivity index (χ0) is 10.7. The molecule has 0 aromatic carbocycles.